The van der Waals surface area contributed by atoms with Gasteiger partial charge in [-0.2, -0.15) is 0 Å². The Labute approximate surface area is 42.9 Å². The fourth-order valence-corrected chi connectivity index (χ4v) is 0.151. The van der Waals surface area contributed by atoms with Gasteiger partial charge in [0.25, 0.3) is 0 Å². The van der Waals surface area contributed by atoms with Crippen molar-refractivity contribution in [2.45, 2.75) is 13.8 Å². The van der Waals surface area contributed by atoms with Crippen molar-refractivity contribution < 1.29 is 4.79 Å². The number of nitrogens with one attached hydrogen (secondary N) is 1. The minimum atomic E-state index is -0.116. The minimum absolute atomic E-state index is 0.116. The molecule has 2 heteroatoms. The average Bonchev–Trinajstić information content (AvgIpc) is 1.61. The molecule has 7 heavy (non-hydrogen) atoms. The van der Waals surface area contributed by atoms with Crippen molar-refractivity contribution in [3.8, 4) is 12.0 Å². The Morgan fingerprint density at radius 1 is 1.71 bits per heavy atom. The monoisotopic (exact) mass is 97.1 g/mol. The van der Waals surface area contributed by atoms with Crippen molar-refractivity contribution in [1.82, 2.24) is 5.32 Å². The van der Waals surface area contributed by atoms with E-state index in [0.29, 0.717) is 0 Å². The molecule has 0 aliphatic rings. The van der Waals surface area contributed by atoms with Crippen molar-refractivity contribution in [3.05, 3.63) is 0 Å². The summed E-state index contributed by atoms with van der Waals surface area (Å²) < 4.78 is 0. The van der Waals surface area contributed by atoms with Crippen LogP contribution < -0.4 is 5.32 Å². The molecule has 0 atom stereocenters. The van der Waals surface area contributed by atoms with Gasteiger partial charge in [-0.05, 0) is 6.92 Å². The summed E-state index contributed by atoms with van der Waals surface area (Å²) in [6.07, 6.45) is 0. The van der Waals surface area contributed by atoms with Crippen LogP contribution >= 0.6 is 0 Å². The lowest BCUT2D eigenvalue weighted by molar-refractivity contribution is -0.117. The number of rotatable bonds is 0. The molecule has 0 bridgehead atoms. The normalized spacial score (nSPS) is 6.00. The molecule has 0 aliphatic heterocycles. The van der Waals surface area contributed by atoms with E-state index in [-0.39, 0.29) is 5.91 Å². The lowest BCUT2D eigenvalue weighted by Gasteiger charge is -1.80. The second-order valence-corrected chi connectivity index (χ2v) is 1.06. The molecule has 0 aromatic carbocycles. The van der Waals surface area contributed by atoms with E-state index >= 15 is 0 Å². The Kier molecular flexibility index (Phi) is 2.78. The Hall–Kier alpha value is -0.970. The van der Waals surface area contributed by atoms with Crippen LogP contribution in [0.3, 0.4) is 0 Å². The maximum Gasteiger partial charge on any atom is 0.228 e. The Morgan fingerprint density at radius 3 is 2.43 bits per heavy atom. The largest absolute Gasteiger partial charge is 0.285 e. The summed E-state index contributed by atoms with van der Waals surface area (Å²) in [5.74, 6) is 2.40. The molecule has 0 fully saturated rings. The molecule has 0 spiro atoms. The molecule has 1 amide bonds. The highest BCUT2D eigenvalue weighted by Gasteiger charge is 1.77. The van der Waals surface area contributed by atoms with E-state index in [9.17, 15) is 4.79 Å². The smallest absolute Gasteiger partial charge is 0.228 e. The van der Waals surface area contributed by atoms with E-state index < -0.39 is 0 Å². The Balaban J connectivity index is 3.26. The number of hydrogen-bond acceptors (Lipinski definition) is 1. The highest BCUT2D eigenvalue weighted by atomic mass is 16.1. The van der Waals surface area contributed by atoms with Gasteiger partial charge >= 0.3 is 0 Å². The molecule has 0 radical (unpaired) electrons. The van der Waals surface area contributed by atoms with Gasteiger partial charge in [0.1, 0.15) is 0 Å². The van der Waals surface area contributed by atoms with Gasteiger partial charge in [0, 0.05) is 13.0 Å². The summed E-state index contributed by atoms with van der Waals surface area (Å²) in [6, 6.07) is 2.40. The second kappa shape index (κ2) is 3.23. The zero-order valence-corrected chi connectivity index (χ0v) is 4.41. The first kappa shape index (κ1) is 6.03. The lowest BCUT2D eigenvalue weighted by Crippen LogP contribution is -2.11. The molecule has 1 N–H and O–H groups in total. The Morgan fingerprint density at radius 2 is 2.29 bits per heavy atom. The molecule has 38 valence electrons. The SMILES string of the molecule is CC#CNC(C)=O. The molecule has 0 unspecified atom stereocenters. The number of carbonyl (C=O) groups is 1. The van der Waals surface area contributed by atoms with Crippen LogP contribution in [0.2, 0.25) is 0 Å². The first-order valence-electron chi connectivity index (χ1n) is 1.95. The molecule has 0 heterocycles. The first-order valence-corrected chi connectivity index (χ1v) is 1.95. The van der Waals surface area contributed by atoms with Gasteiger partial charge in [-0.25, -0.2) is 0 Å². The van der Waals surface area contributed by atoms with E-state index in [1.807, 2.05) is 0 Å². The number of carbonyl (C=O) groups excluding carboxylic acids is 1. The van der Waals surface area contributed by atoms with Crippen LogP contribution in [0.25, 0.3) is 0 Å². The highest BCUT2D eigenvalue weighted by molar-refractivity contribution is 5.74. The second-order valence-electron chi connectivity index (χ2n) is 1.06. The van der Waals surface area contributed by atoms with E-state index in [1.165, 1.54) is 6.92 Å². The van der Waals surface area contributed by atoms with E-state index in [1.54, 1.807) is 6.92 Å². The van der Waals surface area contributed by atoms with Crippen LogP contribution in [0.1, 0.15) is 13.8 Å². The summed E-state index contributed by atoms with van der Waals surface area (Å²) in [7, 11) is 0. The highest BCUT2D eigenvalue weighted by Crippen LogP contribution is 1.52. The molecule has 0 saturated heterocycles. The third-order valence-corrected chi connectivity index (χ3v) is 0.364. The van der Waals surface area contributed by atoms with E-state index in [0.717, 1.165) is 0 Å². The van der Waals surface area contributed by atoms with Crippen LogP contribution in [0.5, 0.6) is 0 Å². The van der Waals surface area contributed by atoms with Crippen LogP contribution in [0.4, 0.5) is 0 Å². The maximum absolute atomic E-state index is 9.99. The molecular weight excluding hydrogens is 90.1 g/mol. The van der Waals surface area contributed by atoms with Crippen LogP contribution in [0.15, 0.2) is 0 Å². The zero-order chi connectivity index (χ0) is 5.70. The van der Waals surface area contributed by atoms with E-state index in [2.05, 4.69) is 17.3 Å². The van der Waals surface area contributed by atoms with Crippen molar-refractivity contribution in [3.63, 3.8) is 0 Å². The maximum atomic E-state index is 9.99. The molecular formula is C5H7NO. The van der Waals surface area contributed by atoms with Crippen LogP contribution in [-0.2, 0) is 4.79 Å². The predicted molar refractivity (Wildman–Crippen MR) is 27.3 cm³/mol. The molecule has 2 nitrogen and oxygen atoms in total. The third kappa shape index (κ3) is 5.03. The quantitative estimate of drug-likeness (QED) is 0.337. The zero-order valence-electron chi connectivity index (χ0n) is 4.41. The summed E-state index contributed by atoms with van der Waals surface area (Å²) in [4.78, 5) is 9.99. The third-order valence-electron chi connectivity index (χ3n) is 0.364. The lowest BCUT2D eigenvalue weighted by atomic mass is 10.7. The molecule has 0 rings (SSSR count). The molecule has 0 aromatic rings. The number of amides is 1. The topological polar surface area (TPSA) is 29.1 Å². The summed E-state index contributed by atoms with van der Waals surface area (Å²) in [6.45, 7) is 3.08. The Bertz CT molecular complexity index is 118. The van der Waals surface area contributed by atoms with Gasteiger partial charge in [0.05, 0.1) is 0 Å². The number of hydrogen-bond donors (Lipinski definition) is 1. The van der Waals surface area contributed by atoms with Crippen LogP contribution in [-0.4, -0.2) is 5.91 Å². The van der Waals surface area contributed by atoms with Crippen LogP contribution in [0, 0.1) is 12.0 Å². The standard InChI is InChI=1S/C5H7NO/c1-3-4-6-5(2)7/h1-2H3,(H,6,7). The first-order chi connectivity index (χ1) is 3.27. The fraction of sp³-hybridized carbons (Fsp3) is 0.400. The minimum Gasteiger partial charge on any atom is -0.285 e. The van der Waals surface area contributed by atoms with Gasteiger partial charge in [-0.15, -0.1) is 0 Å². The molecule has 0 aliphatic carbocycles. The van der Waals surface area contributed by atoms with Crippen molar-refractivity contribution >= 4 is 5.91 Å². The van der Waals surface area contributed by atoms with Crippen molar-refractivity contribution in [1.29, 1.82) is 0 Å². The van der Waals surface area contributed by atoms with Gasteiger partial charge < -0.3 is 0 Å². The van der Waals surface area contributed by atoms with Gasteiger partial charge in [-0.3, -0.25) is 10.1 Å². The summed E-state index contributed by atoms with van der Waals surface area (Å²) in [5.41, 5.74) is 0. The average molecular weight is 97.1 g/mol. The van der Waals surface area contributed by atoms with Gasteiger partial charge in [-0.1, -0.05) is 5.92 Å². The molecule has 0 saturated carbocycles. The predicted octanol–water partition coefficient (Wildman–Crippen LogP) is 0.103. The fourth-order valence-electron chi connectivity index (χ4n) is 0.151. The van der Waals surface area contributed by atoms with E-state index in [4.69, 9.17) is 0 Å². The van der Waals surface area contributed by atoms with Crippen molar-refractivity contribution in [2.24, 2.45) is 0 Å². The summed E-state index contributed by atoms with van der Waals surface area (Å²) in [5, 5.41) is 2.30. The van der Waals surface area contributed by atoms with Gasteiger partial charge in [0.2, 0.25) is 5.91 Å². The summed E-state index contributed by atoms with van der Waals surface area (Å²) >= 11 is 0. The molecule has 0 aromatic heterocycles. The van der Waals surface area contributed by atoms with Gasteiger partial charge in [0.15, 0.2) is 0 Å². The van der Waals surface area contributed by atoms with Crippen molar-refractivity contribution in [2.75, 3.05) is 0 Å².